The lowest BCUT2D eigenvalue weighted by Gasteiger charge is -2.12. The van der Waals surface area contributed by atoms with Crippen LogP contribution >= 0.6 is 0 Å². The van der Waals surface area contributed by atoms with Crippen LogP contribution in [0.15, 0.2) is 28.8 Å². The molecule has 0 atom stereocenters. The summed E-state index contributed by atoms with van der Waals surface area (Å²) in [6.07, 6.45) is 0. The Morgan fingerprint density at radius 3 is 2.60 bits per heavy atom. The Morgan fingerprint density at radius 1 is 1.24 bits per heavy atom. The normalized spacial score (nSPS) is 10.6. The molecule has 2 aromatic rings. The minimum absolute atomic E-state index is 0.0168. The lowest BCUT2D eigenvalue weighted by Crippen LogP contribution is -2.34. The van der Waals surface area contributed by atoms with Gasteiger partial charge in [0.15, 0.2) is 6.61 Å². The highest BCUT2D eigenvalue weighted by Crippen LogP contribution is 2.22. The zero-order valence-corrected chi connectivity index (χ0v) is 14.8. The van der Waals surface area contributed by atoms with Crippen molar-refractivity contribution >= 4 is 11.9 Å². The van der Waals surface area contributed by atoms with Gasteiger partial charge in [0, 0.05) is 6.04 Å². The summed E-state index contributed by atoms with van der Waals surface area (Å²) in [4.78, 5) is 23.8. The van der Waals surface area contributed by atoms with Crippen molar-refractivity contribution in [1.29, 1.82) is 0 Å². The number of carbonyl (C=O) groups excluding carboxylic acids is 2. The van der Waals surface area contributed by atoms with Gasteiger partial charge >= 0.3 is 5.97 Å². The third kappa shape index (κ3) is 5.07. The van der Waals surface area contributed by atoms with E-state index in [4.69, 9.17) is 14.0 Å². The molecule has 7 nitrogen and oxygen atoms in total. The molecular weight excluding hydrogens is 324 g/mol. The zero-order chi connectivity index (χ0) is 18.4. The molecule has 0 aliphatic heterocycles. The highest BCUT2D eigenvalue weighted by molar-refractivity contribution is 5.94. The van der Waals surface area contributed by atoms with Crippen LogP contribution in [0.4, 0.5) is 0 Å². The molecule has 134 valence electrons. The van der Waals surface area contributed by atoms with Crippen molar-refractivity contribution in [1.82, 2.24) is 10.5 Å². The van der Waals surface area contributed by atoms with Gasteiger partial charge in [-0.15, -0.1) is 0 Å². The van der Waals surface area contributed by atoms with Crippen LogP contribution in [0, 0.1) is 13.8 Å². The van der Waals surface area contributed by atoms with E-state index < -0.39 is 5.97 Å². The van der Waals surface area contributed by atoms with Crippen molar-refractivity contribution in [3.8, 4) is 5.75 Å². The summed E-state index contributed by atoms with van der Waals surface area (Å²) in [7, 11) is 0. The van der Waals surface area contributed by atoms with Gasteiger partial charge < -0.3 is 19.3 Å². The van der Waals surface area contributed by atoms with E-state index in [9.17, 15) is 9.59 Å². The number of para-hydroxylation sites is 1. The molecule has 0 aliphatic rings. The Hall–Kier alpha value is -2.83. The van der Waals surface area contributed by atoms with Gasteiger partial charge in [0.05, 0.1) is 11.3 Å². The molecule has 0 saturated heterocycles. The van der Waals surface area contributed by atoms with Gasteiger partial charge in [0.2, 0.25) is 0 Å². The molecule has 1 aromatic heterocycles. The number of nitrogens with one attached hydrogen (secondary N) is 1. The lowest BCUT2D eigenvalue weighted by atomic mass is 10.2. The molecule has 1 aromatic carbocycles. The molecule has 25 heavy (non-hydrogen) atoms. The first-order chi connectivity index (χ1) is 11.9. The Bertz CT molecular complexity index is 732. The smallest absolute Gasteiger partial charge is 0.342 e. The monoisotopic (exact) mass is 346 g/mol. The highest BCUT2D eigenvalue weighted by atomic mass is 16.5. The molecule has 0 radical (unpaired) electrons. The van der Waals surface area contributed by atoms with E-state index in [0.717, 1.165) is 11.3 Å². The maximum Gasteiger partial charge on any atom is 0.342 e. The molecule has 0 bridgehead atoms. The molecule has 1 heterocycles. The number of aryl methyl sites for hydroxylation is 2. The van der Waals surface area contributed by atoms with Gasteiger partial charge in [-0.2, -0.15) is 0 Å². The number of esters is 1. The first kappa shape index (κ1) is 18.5. The van der Waals surface area contributed by atoms with Gasteiger partial charge in [0.1, 0.15) is 23.7 Å². The van der Waals surface area contributed by atoms with Crippen molar-refractivity contribution in [3.63, 3.8) is 0 Å². The molecule has 0 saturated carbocycles. The first-order valence-electron chi connectivity index (χ1n) is 7.98. The Morgan fingerprint density at radius 2 is 1.96 bits per heavy atom. The second kappa shape index (κ2) is 8.32. The van der Waals surface area contributed by atoms with Crippen LogP contribution < -0.4 is 10.1 Å². The standard InChI is InChI=1S/C18H22N2O5/c1-11(2)19-17(21)10-24-18(22)14-7-5-6-8-16(14)23-9-15-12(3)20-25-13(15)4/h5-8,11H,9-10H2,1-4H3,(H,19,21). The average molecular weight is 346 g/mol. The molecule has 0 fully saturated rings. The van der Waals surface area contributed by atoms with E-state index in [1.165, 1.54) is 0 Å². The van der Waals surface area contributed by atoms with Crippen LogP contribution in [0.25, 0.3) is 0 Å². The summed E-state index contributed by atoms with van der Waals surface area (Å²) >= 11 is 0. The van der Waals surface area contributed by atoms with Crippen LogP contribution in [0.3, 0.4) is 0 Å². The maximum absolute atomic E-state index is 12.2. The van der Waals surface area contributed by atoms with Gasteiger partial charge in [-0.1, -0.05) is 17.3 Å². The highest BCUT2D eigenvalue weighted by Gasteiger charge is 2.17. The molecule has 1 N–H and O–H groups in total. The van der Waals surface area contributed by atoms with Crippen molar-refractivity contribution in [2.45, 2.75) is 40.3 Å². The molecule has 0 spiro atoms. The number of hydrogen-bond acceptors (Lipinski definition) is 6. The van der Waals surface area contributed by atoms with Crippen LogP contribution in [0.1, 0.15) is 41.2 Å². The third-order valence-corrected chi connectivity index (χ3v) is 3.44. The fourth-order valence-corrected chi connectivity index (χ4v) is 2.19. The summed E-state index contributed by atoms with van der Waals surface area (Å²) in [5.74, 6) is 0.0745. The van der Waals surface area contributed by atoms with Gasteiger partial charge in [-0.3, -0.25) is 4.79 Å². The van der Waals surface area contributed by atoms with E-state index in [2.05, 4.69) is 10.5 Å². The molecule has 0 unspecified atom stereocenters. The summed E-state index contributed by atoms with van der Waals surface area (Å²) < 4.78 is 15.9. The molecule has 2 rings (SSSR count). The number of nitrogens with zero attached hydrogens (tertiary/aromatic N) is 1. The number of hydrogen-bond donors (Lipinski definition) is 1. The number of amides is 1. The van der Waals surface area contributed by atoms with E-state index >= 15 is 0 Å². The van der Waals surface area contributed by atoms with E-state index in [1.54, 1.807) is 31.2 Å². The topological polar surface area (TPSA) is 90.7 Å². The van der Waals surface area contributed by atoms with E-state index in [-0.39, 0.29) is 30.7 Å². The predicted octanol–water partition coefficient (Wildman–Crippen LogP) is 2.55. The Balaban J connectivity index is 2.02. The lowest BCUT2D eigenvalue weighted by molar-refractivity contribution is -0.124. The minimum atomic E-state index is -0.617. The van der Waals surface area contributed by atoms with Crippen molar-refractivity contribution in [2.75, 3.05) is 6.61 Å². The van der Waals surface area contributed by atoms with Crippen LogP contribution in [-0.4, -0.2) is 29.7 Å². The summed E-state index contributed by atoms with van der Waals surface area (Å²) in [5.41, 5.74) is 1.83. The fraction of sp³-hybridized carbons (Fsp3) is 0.389. The number of ether oxygens (including phenoxy) is 2. The average Bonchev–Trinajstić information content (AvgIpc) is 2.89. The SMILES string of the molecule is Cc1noc(C)c1COc1ccccc1C(=O)OCC(=O)NC(C)C. The van der Waals surface area contributed by atoms with Crippen LogP contribution in [0.5, 0.6) is 5.75 Å². The van der Waals surface area contributed by atoms with Gasteiger partial charge in [-0.25, -0.2) is 4.79 Å². The maximum atomic E-state index is 12.2. The quantitative estimate of drug-likeness (QED) is 0.775. The second-order valence-corrected chi connectivity index (χ2v) is 5.89. The van der Waals surface area contributed by atoms with Gasteiger partial charge in [0.25, 0.3) is 5.91 Å². The fourth-order valence-electron chi connectivity index (χ4n) is 2.19. The number of benzene rings is 1. The minimum Gasteiger partial charge on any atom is -0.488 e. The second-order valence-electron chi connectivity index (χ2n) is 5.89. The van der Waals surface area contributed by atoms with Crippen molar-refractivity contribution in [2.24, 2.45) is 0 Å². The van der Waals surface area contributed by atoms with Crippen LogP contribution in [0.2, 0.25) is 0 Å². The third-order valence-electron chi connectivity index (χ3n) is 3.44. The van der Waals surface area contributed by atoms with Crippen LogP contribution in [-0.2, 0) is 16.1 Å². The predicted molar refractivity (Wildman–Crippen MR) is 90.3 cm³/mol. The van der Waals surface area contributed by atoms with Crippen molar-refractivity contribution in [3.05, 3.63) is 46.8 Å². The zero-order valence-electron chi connectivity index (χ0n) is 14.8. The van der Waals surface area contributed by atoms with E-state index in [0.29, 0.717) is 11.5 Å². The molecular formula is C18H22N2O5. The number of carbonyl (C=O) groups is 2. The Kier molecular flexibility index (Phi) is 6.16. The van der Waals surface area contributed by atoms with Gasteiger partial charge in [-0.05, 0) is 39.8 Å². The summed E-state index contributed by atoms with van der Waals surface area (Å²) in [6, 6.07) is 6.70. The Labute approximate surface area is 146 Å². The van der Waals surface area contributed by atoms with E-state index in [1.807, 2.05) is 20.8 Å². The molecule has 1 amide bonds. The summed E-state index contributed by atoms with van der Waals surface area (Å²) in [6.45, 7) is 7.17. The summed E-state index contributed by atoms with van der Waals surface area (Å²) in [5, 5.41) is 6.52. The number of rotatable bonds is 7. The number of aromatic nitrogens is 1. The first-order valence-corrected chi connectivity index (χ1v) is 7.98. The van der Waals surface area contributed by atoms with Crippen molar-refractivity contribution < 1.29 is 23.6 Å². The molecule has 0 aliphatic carbocycles. The molecule has 7 heteroatoms. The largest absolute Gasteiger partial charge is 0.488 e.